The van der Waals surface area contributed by atoms with Crippen LogP contribution in [0.4, 0.5) is 0 Å². The quantitative estimate of drug-likeness (QED) is 0.380. The highest BCUT2D eigenvalue weighted by atomic mass is 16.5. The van der Waals surface area contributed by atoms with Crippen molar-refractivity contribution in [3.63, 3.8) is 0 Å². The number of methoxy groups -OCH3 is 1. The molecular formula is C29H42O7. The third-order valence-electron chi connectivity index (χ3n) is 10.4. The first-order valence-electron chi connectivity index (χ1n) is 13.6. The maximum Gasteiger partial charge on any atom is 0.305 e. The molecule has 0 aromatic heterocycles. The van der Waals surface area contributed by atoms with Crippen LogP contribution in [0.3, 0.4) is 0 Å². The average molecular weight is 503 g/mol. The van der Waals surface area contributed by atoms with Crippen LogP contribution < -0.4 is 0 Å². The molecule has 0 spiro atoms. The summed E-state index contributed by atoms with van der Waals surface area (Å²) >= 11 is 0. The maximum absolute atomic E-state index is 13.5. The van der Waals surface area contributed by atoms with Gasteiger partial charge in [0.15, 0.2) is 5.78 Å². The van der Waals surface area contributed by atoms with E-state index in [1.165, 1.54) is 26.5 Å². The lowest BCUT2D eigenvalue weighted by Crippen LogP contribution is -2.57. The lowest BCUT2D eigenvalue weighted by Gasteiger charge is -2.59. The molecule has 4 rings (SSSR count). The molecule has 3 saturated carbocycles. The SMILES string of the molecule is COC(=O)CC[C@H](C)[C@@H]1CC[C@@H]2C3=CC(=O)[C@@H]4C[C@H](OC(C)=O)CC[C@]4(C)[C@@H]3C[C@H](OC(C)=O)[C@]21C. The standard InChI is InChI=1S/C29H42O7/c1-16(7-10-27(33)34-6)21-8-9-22-20-14-25(32)24-13-19(35-17(2)30)11-12-28(24,4)23(20)15-26(29(21,22)5)36-18(3)31/h14,16,19,21-24,26H,7-13,15H2,1-6H3/t16-,19+,21-,22+,23+,24-,26-,28+,29-/m0/s1. The Morgan fingerprint density at radius 3 is 2.33 bits per heavy atom. The van der Waals surface area contributed by atoms with Gasteiger partial charge in [0.2, 0.25) is 0 Å². The Kier molecular flexibility index (Phi) is 7.42. The monoisotopic (exact) mass is 502 g/mol. The van der Waals surface area contributed by atoms with Gasteiger partial charge in [0.1, 0.15) is 12.2 Å². The van der Waals surface area contributed by atoms with Gasteiger partial charge in [-0.25, -0.2) is 0 Å². The summed E-state index contributed by atoms with van der Waals surface area (Å²) < 4.78 is 16.5. The third kappa shape index (κ3) is 4.51. The number of rotatable bonds is 6. The van der Waals surface area contributed by atoms with Gasteiger partial charge in [-0.05, 0) is 80.1 Å². The number of allylic oxidation sites excluding steroid dienone is 2. The zero-order valence-electron chi connectivity index (χ0n) is 22.6. The van der Waals surface area contributed by atoms with Gasteiger partial charge < -0.3 is 14.2 Å². The highest BCUT2D eigenvalue weighted by Crippen LogP contribution is 2.67. The number of fused-ring (bicyclic) bond motifs is 5. The van der Waals surface area contributed by atoms with Crippen LogP contribution >= 0.6 is 0 Å². The van der Waals surface area contributed by atoms with Gasteiger partial charge in [-0.2, -0.15) is 0 Å². The Labute approximate surface area is 214 Å². The topological polar surface area (TPSA) is 96.0 Å². The van der Waals surface area contributed by atoms with Crippen molar-refractivity contribution < 1.29 is 33.4 Å². The molecule has 0 heterocycles. The van der Waals surface area contributed by atoms with E-state index in [1.54, 1.807) is 0 Å². The summed E-state index contributed by atoms with van der Waals surface area (Å²) in [6.45, 7) is 9.55. The summed E-state index contributed by atoms with van der Waals surface area (Å²) in [5.74, 6) is 0.0424. The molecule has 7 nitrogen and oxygen atoms in total. The van der Waals surface area contributed by atoms with Gasteiger partial charge >= 0.3 is 17.9 Å². The second kappa shape index (κ2) is 9.94. The van der Waals surface area contributed by atoms with Crippen LogP contribution in [-0.4, -0.2) is 43.0 Å². The van der Waals surface area contributed by atoms with E-state index in [2.05, 4.69) is 20.8 Å². The first-order valence-corrected chi connectivity index (χ1v) is 13.6. The van der Waals surface area contributed by atoms with E-state index < -0.39 is 0 Å². The normalized spacial score (nSPS) is 40.2. The predicted octanol–water partition coefficient (Wildman–Crippen LogP) is 4.81. The van der Waals surface area contributed by atoms with Crippen molar-refractivity contribution in [2.24, 2.45) is 40.4 Å². The van der Waals surface area contributed by atoms with E-state index in [-0.39, 0.29) is 76.3 Å². The summed E-state index contributed by atoms with van der Waals surface area (Å²) in [7, 11) is 1.41. The molecule has 0 unspecified atom stereocenters. The highest BCUT2D eigenvalue weighted by molar-refractivity contribution is 5.94. The van der Waals surface area contributed by atoms with Gasteiger partial charge in [-0.1, -0.05) is 26.3 Å². The molecule has 0 aromatic rings. The Hall–Kier alpha value is -2.18. The third-order valence-corrected chi connectivity index (χ3v) is 10.4. The van der Waals surface area contributed by atoms with Crippen LogP contribution in [0.25, 0.3) is 0 Å². The summed E-state index contributed by atoms with van der Waals surface area (Å²) in [4.78, 5) is 49.2. The zero-order chi connectivity index (χ0) is 26.4. The molecular weight excluding hydrogens is 460 g/mol. The molecule has 0 amide bonds. The molecule has 0 saturated heterocycles. The fourth-order valence-electron chi connectivity index (χ4n) is 8.60. The van der Waals surface area contributed by atoms with Crippen molar-refractivity contribution in [1.82, 2.24) is 0 Å². The van der Waals surface area contributed by atoms with E-state index in [1.807, 2.05) is 6.08 Å². The van der Waals surface area contributed by atoms with Gasteiger partial charge in [-0.15, -0.1) is 0 Å². The Morgan fingerprint density at radius 1 is 1.00 bits per heavy atom. The molecule has 0 bridgehead atoms. The largest absolute Gasteiger partial charge is 0.469 e. The number of hydrogen-bond donors (Lipinski definition) is 0. The lowest BCUT2D eigenvalue weighted by molar-refractivity contribution is -0.170. The summed E-state index contributed by atoms with van der Waals surface area (Å²) in [5, 5.41) is 0. The fraction of sp³-hybridized carbons (Fsp3) is 0.793. The van der Waals surface area contributed by atoms with E-state index in [9.17, 15) is 19.2 Å². The second-order valence-electron chi connectivity index (χ2n) is 12.2. The molecule has 9 atom stereocenters. The highest BCUT2D eigenvalue weighted by Gasteiger charge is 2.64. The molecule has 36 heavy (non-hydrogen) atoms. The van der Waals surface area contributed by atoms with Crippen molar-refractivity contribution >= 4 is 23.7 Å². The number of ketones is 1. The molecule has 0 aromatic carbocycles. The van der Waals surface area contributed by atoms with Crippen LogP contribution in [0.5, 0.6) is 0 Å². The minimum Gasteiger partial charge on any atom is -0.469 e. The molecule has 7 heteroatoms. The van der Waals surface area contributed by atoms with E-state index in [0.717, 1.165) is 32.1 Å². The lowest BCUT2D eigenvalue weighted by atomic mass is 9.46. The predicted molar refractivity (Wildman–Crippen MR) is 132 cm³/mol. The van der Waals surface area contributed by atoms with Crippen molar-refractivity contribution in [1.29, 1.82) is 0 Å². The number of carbonyl (C=O) groups is 4. The molecule has 0 aliphatic heterocycles. The summed E-state index contributed by atoms with van der Waals surface area (Å²) in [6.07, 6.45) is 7.29. The number of esters is 3. The first-order chi connectivity index (χ1) is 16.9. The minimum atomic E-state index is -0.301. The van der Waals surface area contributed by atoms with Crippen molar-refractivity contribution in [3.05, 3.63) is 11.6 Å². The van der Waals surface area contributed by atoms with E-state index >= 15 is 0 Å². The Morgan fingerprint density at radius 2 is 1.69 bits per heavy atom. The molecule has 4 aliphatic carbocycles. The molecule has 0 N–H and O–H groups in total. The van der Waals surface area contributed by atoms with Crippen LogP contribution in [0.1, 0.15) is 86.0 Å². The average Bonchev–Trinajstić information content (AvgIpc) is 3.17. The van der Waals surface area contributed by atoms with Crippen molar-refractivity contribution in [2.45, 2.75) is 98.2 Å². The zero-order valence-corrected chi connectivity index (χ0v) is 22.6. The Balaban J connectivity index is 1.67. The van der Waals surface area contributed by atoms with Crippen LogP contribution in [-0.2, 0) is 33.4 Å². The van der Waals surface area contributed by atoms with E-state index in [0.29, 0.717) is 19.3 Å². The second-order valence-corrected chi connectivity index (χ2v) is 12.2. The summed E-state index contributed by atoms with van der Waals surface area (Å²) in [6, 6.07) is 0. The Bertz CT molecular complexity index is 953. The van der Waals surface area contributed by atoms with Gasteiger partial charge in [-0.3, -0.25) is 19.2 Å². The van der Waals surface area contributed by atoms with Crippen LogP contribution in [0.15, 0.2) is 11.6 Å². The van der Waals surface area contributed by atoms with Gasteiger partial charge in [0, 0.05) is 31.6 Å². The number of carbonyl (C=O) groups excluding carboxylic acids is 4. The van der Waals surface area contributed by atoms with Crippen molar-refractivity contribution in [3.8, 4) is 0 Å². The molecule has 200 valence electrons. The summed E-state index contributed by atoms with van der Waals surface area (Å²) in [5.41, 5.74) is 0.701. The van der Waals surface area contributed by atoms with Crippen LogP contribution in [0, 0.1) is 40.4 Å². The molecule has 0 radical (unpaired) electrons. The first kappa shape index (κ1) is 26.9. The molecule has 3 fully saturated rings. The van der Waals surface area contributed by atoms with Gasteiger partial charge in [0.05, 0.1) is 7.11 Å². The smallest absolute Gasteiger partial charge is 0.305 e. The maximum atomic E-state index is 13.5. The van der Waals surface area contributed by atoms with E-state index in [4.69, 9.17) is 14.2 Å². The van der Waals surface area contributed by atoms with Crippen molar-refractivity contribution in [2.75, 3.05) is 7.11 Å². The molecule has 4 aliphatic rings. The minimum absolute atomic E-state index is 0.149. The number of ether oxygens (including phenoxy) is 3. The van der Waals surface area contributed by atoms with Gasteiger partial charge in [0.25, 0.3) is 0 Å². The number of hydrogen-bond acceptors (Lipinski definition) is 7. The fourth-order valence-corrected chi connectivity index (χ4v) is 8.60. The van der Waals surface area contributed by atoms with Crippen LogP contribution in [0.2, 0.25) is 0 Å².